The number of aryl methyl sites for hydroxylation is 1. The fourth-order valence-electron chi connectivity index (χ4n) is 2.09. The van der Waals surface area contributed by atoms with Crippen molar-refractivity contribution in [2.24, 2.45) is 0 Å². The number of hydrogen-bond donors (Lipinski definition) is 3. The van der Waals surface area contributed by atoms with E-state index in [1.807, 2.05) is 6.07 Å². The van der Waals surface area contributed by atoms with Gasteiger partial charge in [-0.15, -0.1) is 0 Å². The van der Waals surface area contributed by atoms with E-state index in [0.29, 0.717) is 5.75 Å². The van der Waals surface area contributed by atoms with Crippen LogP contribution in [0.25, 0.3) is 11.1 Å². The quantitative estimate of drug-likeness (QED) is 0.781. The minimum atomic E-state index is 0.0261. The first-order chi connectivity index (χ1) is 9.10. The molecule has 100 valence electrons. The van der Waals surface area contributed by atoms with Crippen molar-refractivity contribution in [3.63, 3.8) is 0 Å². The van der Waals surface area contributed by atoms with Crippen LogP contribution in [-0.2, 0) is 6.42 Å². The van der Waals surface area contributed by atoms with Gasteiger partial charge in [0.25, 0.3) is 0 Å². The average Bonchev–Trinajstić information content (AvgIpc) is 2.36. The molecule has 0 heterocycles. The molecule has 2 aromatic carbocycles. The van der Waals surface area contributed by atoms with Crippen LogP contribution in [0.15, 0.2) is 36.4 Å². The maximum absolute atomic E-state index is 9.82. The van der Waals surface area contributed by atoms with E-state index < -0.39 is 0 Å². The molecule has 0 aliphatic heterocycles. The van der Waals surface area contributed by atoms with Crippen molar-refractivity contribution < 1.29 is 15.3 Å². The number of phenolic OH excluding ortho intramolecular Hbond substituents is 3. The number of aromatic hydroxyl groups is 3. The van der Waals surface area contributed by atoms with E-state index in [4.69, 9.17) is 0 Å². The lowest BCUT2D eigenvalue weighted by molar-refractivity contribution is 0.451. The smallest absolute Gasteiger partial charge is 0.119 e. The third kappa shape index (κ3) is 3.19. The number of unbranched alkanes of at least 4 members (excludes halogenated alkanes) is 1. The lowest BCUT2D eigenvalue weighted by Crippen LogP contribution is -1.88. The Kier molecular flexibility index (Phi) is 3.95. The summed E-state index contributed by atoms with van der Waals surface area (Å²) in [7, 11) is 0. The summed E-state index contributed by atoms with van der Waals surface area (Å²) in [6, 6.07) is 9.81. The summed E-state index contributed by atoms with van der Waals surface area (Å²) in [5.74, 6) is 0.345. The maximum Gasteiger partial charge on any atom is 0.119 e. The van der Waals surface area contributed by atoms with E-state index in [1.54, 1.807) is 24.3 Å². The molecule has 0 saturated heterocycles. The lowest BCUT2D eigenvalue weighted by Gasteiger charge is -2.08. The summed E-state index contributed by atoms with van der Waals surface area (Å²) in [6.07, 6.45) is 2.90. The van der Waals surface area contributed by atoms with Gasteiger partial charge in [-0.25, -0.2) is 0 Å². The number of rotatable bonds is 4. The molecule has 0 fully saturated rings. The second kappa shape index (κ2) is 5.65. The normalized spacial score (nSPS) is 10.6. The van der Waals surface area contributed by atoms with Crippen LogP contribution in [-0.4, -0.2) is 15.3 Å². The van der Waals surface area contributed by atoms with Gasteiger partial charge in [-0.05, 0) is 53.8 Å². The monoisotopic (exact) mass is 258 g/mol. The minimum Gasteiger partial charge on any atom is -0.508 e. The second-order valence-electron chi connectivity index (χ2n) is 4.69. The summed E-state index contributed by atoms with van der Waals surface area (Å²) in [5, 5.41) is 28.8. The van der Waals surface area contributed by atoms with Crippen molar-refractivity contribution in [2.45, 2.75) is 26.2 Å². The third-order valence-electron chi connectivity index (χ3n) is 3.12. The molecule has 2 rings (SSSR count). The highest BCUT2D eigenvalue weighted by Gasteiger charge is 2.06. The number of hydrogen-bond acceptors (Lipinski definition) is 3. The first-order valence-corrected chi connectivity index (χ1v) is 6.45. The fraction of sp³-hybridized carbons (Fsp3) is 0.250. The van der Waals surface area contributed by atoms with Gasteiger partial charge in [-0.1, -0.05) is 19.4 Å². The first-order valence-electron chi connectivity index (χ1n) is 6.45. The van der Waals surface area contributed by atoms with E-state index in [-0.39, 0.29) is 11.5 Å². The Morgan fingerprint density at radius 1 is 0.842 bits per heavy atom. The van der Waals surface area contributed by atoms with Crippen LogP contribution in [0.1, 0.15) is 25.3 Å². The molecule has 0 aliphatic rings. The van der Waals surface area contributed by atoms with E-state index in [1.165, 1.54) is 6.07 Å². The van der Waals surface area contributed by atoms with Crippen molar-refractivity contribution in [3.05, 3.63) is 42.0 Å². The molecule has 0 saturated carbocycles. The van der Waals surface area contributed by atoms with Crippen LogP contribution >= 0.6 is 0 Å². The number of benzene rings is 2. The van der Waals surface area contributed by atoms with Crippen LogP contribution < -0.4 is 0 Å². The Hall–Kier alpha value is -2.16. The van der Waals surface area contributed by atoms with Crippen LogP contribution in [0, 0.1) is 0 Å². The molecule has 0 amide bonds. The Morgan fingerprint density at radius 3 is 2.16 bits per heavy atom. The van der Waals surface area contributed by atoms with Gasteiger partial charge in [-0.2, -0.15) is 0 Å². The topological polar surface area (TPSA) is 60.7 Å². The van der Waals surface area contributed by atoms with Crippen molar-refractivity contribution in [2.75, 3.05) is 0 Å². The summed E-state index contributed by atoms with van der Waals surface area (Å²) in [4.78, 5) is 0. The highest BCUT2D eigenvalue weighted by atomic mass is 16.3. The maximum atomic E-state index is 9.82. The molecule has 3 heteroatoms. The zero-order valence-corrected chi connectivity index (χ0v) is 10.9. The van der Waals surface area contributed by atoms with Gasteiger partial charge in [0.15, 0.2) is 0 Å². The molecule has 0 aliphatic carbocycles. The summed E-state index contributed by atoms with van der Waals surface area (Å²) in [5.41, 5.74) is 2.49. The van der Waals surface area contributed by atoms with E-state index >= 15 is 0 Å². The van der Waals surface area contributed by atoms with Crippen LogP contribution in [0.2, 0.25) is 0 Å². The van der Waals surface area contributed by atoms with Crippen molar-refractivity contribution in [3.8, 4) is 28.4 Å². The zero-order valence-electron chi connectivity index (χ0n) is 10.9. The Balaban J connectivity index is 2.39. The van der Waals surface area contributed by atoms with Gasteiger partial charge >= 0.3 is 0 Å². The fourth-order valence-corrected chi connectivity index (χ4v) is 2.09. The standard InChI is InChI=1S/C16H18O3/c1-2-3-4-12-7-11(5-6-16(12)19)13-8-14(17)10-15(18)9-13/h5-10,17-19H,2-4H2,1H3. The number of phenols is 3. The Morgan fingerprint density at radius 2 is 1.53 bits per heavy atom. The Labute approximate surface area is 112 Å². The second-order valence-corrected chi connectivity index (χ2v) is 4.69. The Bertz CT molecular complexity index is 556. The van der Waals surface area contributed by atoms with Gasteiger partial charge in [0, 0.05) is 6.07 Å². The first kappa shape index (κ1) is 13.3. The largest absolute Gasteiger partial charge is 0.508 e. The van der Waals surface area contributed by atoms with Gasteiger partial charge < -0.3 is 15.3 Å². The molecule has 0 radical (unpaired) electrons. The molecule has 0 aromatic heterocycles. The van der Waals surface area contributed by atoms with Crippen molar-refractivity contribution in [1.82, 2.24) is 0 Å². The highest BCUT2D eigenvalue weighted by molar-refractivity contribution is 5.68. The average molecular weight is 258 g/mol. The van der Waals surface area contributed by atoms with Gasteiger partial charge in [0.2, 0.25) is 0 Å². The SMILES string of the molecule is CCCCc1cc(-c2cc(O)cc(O)c2)ccc1O. The predicted molar refractivity (Wildman–Crippen MR) is 75.5 cm³/mol. The van der Waals surface area contributed by atoms with Crippen LogP contribution in [0.4, 0.5) is 0 Å². The van der Waals surface area contributed by atoms with Crippen molar-refractivity contribution >= 4 is 0 Å². The van der Waals surface area contributed by atoms with Gasteiger partial charge in [0.1, 0.15) is 17.2 Å². The third-order valence-corrected chi connectivity index (χ3v) is 3.12. The van der Waals surface area contributed by atoms with E-state index in [0.717, 1.165) is 36.0 Å². The van der Waals surface area contributed by atoms with Crippen molar-refractivity contribution in [1.29, 1.82) is 0 Å². The van der Waals surface area contributed by atoms with Crippen LogP contribution in [0.3, 0.4) is 0 Å². The molecule has 3 N–H and O–H groups in total. The molecule has 0 bridgehead atoms. The minimum absolute atomic E-state index is 0.0261. The predicted octanol–water partition coefficient (Wildman–Crippen LogP) is 3.81. The zero-order chi connectivity index (χ0) is 13.8. The summed E-state index contributed by atoms with van der Waals surface area (Å²) < 4.78 is 0. The molecule has 2 aromatic rings. The molecular weight excluding hydrogens is 240 g/mol. The lowest BCUT2D eigenvalue weighted by atomic mass is 9.99. The highest BCUT2D eigenvalue weighted by Crippen LogP contribution is 2.31. The van der Waals surface area contributed by atoms with Gasteiger partial charge in [0.05, 0.1) is 0 Å². The molecule has 3 nitrogen and oxygen atoms in total. The van der Waals surface area contributed by atoms with E-state index in [2.05, 4.69) is 6.92 Å². The summed E-state index contributed by atoms with van der Waals surface area (Å²) >= 11 is 0. The van der Waals surface area contributed by atoms with E-state index in [9.17, 15) is 15.3 Å². The molecule has 0 spiro atoms. The molecule has 0 atom stereocenters. The van der Waals surface area contributed by atoms with Crippen LogP contribution in [0.5, 0.6) is 17.2 Å². The molecule has 19 heavy (non-hydrogen) atoms. The van der Waals surface area contributed by atoms with Gasteiger partial charge in [-0.3, -0.25) is 0 Å². The summed E-state index contributed by atoms with van der Waals surface area (Å²) in [6.45, 7) is 2.11. The molecule has 0 unspecified atom stereocenters. The molecular formula is C16H18O3.